The third-order valence-electron chi connectivity index (χ3n) is 2.35. The Hall–Kier alpha value is -0.120. The monoisotopic (exact) mass is 201 g/mol. The molecular formula is C11H27N3. The van der Waals surface area contributed by atoms with Gasteiger partial charge in [-0.15, -0.1) is 0 Å². The van der Waals surface area contributed by atoms with Crippen LogP contribution in [0.4, 0.5) is 0 Å². The van der Waals surface area contributed by atoms with Crippen LogP contribution in [-0.2, 0) is 0 Å². The van der Waals surface area contributed by atoms with Crippen molar-refractivity contribution in [1.29, 1.82) is 0 Å². The molecule has 0 heterocycles. The van der Waals surface area contributed by atoms with E-state index >= 15 is 0 Å². The third-order valence-corrected chi connectivity index (χ3v) is 2.35. The molecule has 0 saturated heterocycles. The Morgan fingerprint density at radius 3 is 2.14 bits per heavy atom. The second-order valence-corrected chi connectivity index (χ2v) is 3.97. The average Bonchev–Trinajstić information content (AvgIpc) is 2.15. The van der Waals surface area contributed by atoms with Crippen molar-refractivity contribution in [2.45, 2.75) is 58.0 Å². The molecule has 0 radical (unpaired) electrons. The van der Waals surface area contributed by atoms with Gasteiger partial charge in [0.1, 0.15) is 0 Å². The lowest BCUT2D eigenvalue weighted by atomic mass is 10.1. The molecule has 0 unspecified atom stereocenters. The quantitative estimate of drug-likeness (QED) is 0.371. The number of unbranched alkanes of at least 4 members (excludes halogenated alkanes) is 4. The van der Waals surface area contributed by atoms with Gasteiger partial charge in [0.2, 0.25) is 0 Å². The summed E-state index contributed by atoms with van der Waals surface area (Å²) >= 11 is 0. The van der Waals surface area contributed by atoms with E-state index in [1.54, 1.807) is 0 Å². The van der Waals surface area contributed by atoms with Crippen LogP contribution < -0.4 is 16.8 Å². The third kappa shape index (κ3) is 11.9. The molecule has 0 aromatic heterocycles. The maximum absolute atomic E-state index is 5.45. The van der Waals surface area contributed by atoms with Crippen LogP contribution in [0.1, 0.15) is 51.9 Å². The van der Waals surface area contributed by atoms with Crippen molar-refractivity contribution in [3.8, 4) is 0 Å². The fourth-order valence-corrected chi connectivity index (χ4v) is 1.43. The lowest BCUT2D eigenvalue weighted by molar-refractivity contribution is 0.537. The van der Waals surface area contributed by atoms with Gasteiger partial charge >= 0.3 is 0 Å². The first-order valence-corrected chi connectivity index (χ1v) is 5.99. The molecule has 3 heteroatoms. The molecule has 0 atom stereocenters. The van der Waals surface area contributed by atoms with Gasteiger partial charge in [-0.1, -0.05) is 32.6 Å². The lowest BCUT2D eigenvalue weighted by Gasteiger charge is -2.05. The summed E-state index contributed by atoms with van der Waals surface area (Å²) in [6, 6.07) is 0. The van der Waals surface area contributed by atoms with Crippen molar-refractivity contribution in [3.63, 3.8) is 0 Å². The Morgan fingerprint density at radius 2 is 1.57 bits per heavy atom. The minimum atomic E-state index is -0.118. The van der Waals surface area contributed by atoms with Gasteiger partial charge in [0.15, 0.2) is 0 Å². The minimum absolute atomic E-state index is 0.118. The van der Waals surface area contributed by atoms with Crippen LogP contribution in [0.15, 0.2) is 0 Å². The first kappa shape index (κ1) is 13.9. The Morgan fingerprint density at radius 1 is 0.929 bits per heavy atom. The van der Waals surface area contributed by atoms with Crippen LogP contribution in [0.5, 0.6) is 0 Å². The van der Waals surface area contributed by atoms with Gasteiger partial charge in [-0.2, -0.15) is 0 Å². The van der Waals surface area contributed by atoms with Crippen molar-refractivity contribution in [1.82, 2.24) is 5.32 Å². The van der Waals surface area contributed by atoms with Crippen molar-refractivity contribution in [2.75, 3.05) is 13.1 Å². The number of nitrogens with one attached hydrogen (secondary N) is 1. The van der Waals surface area contributed by atoms with E-state index in [2.05, 4.69) is 12.2 Å². The second kappa shape index (κ2) is 11.0. The van der Waals surface area contributed by atoms with E-state index in [1.807, 2.05) is 0 Å². The summed E-state index contributed by atoms with van der Waals surface area (Å²) in [7, 11) is 0. The van der Waals surface area contributed by atoms with Crippen LogP contribution in [0.2, 0.25) is 0 Å². The molecule has 0 aliphatic rings. The largest absolute Gasteiger partial charge is 0.317 e. The van der Waals surface area contributed by atoms with Crippen molar-refractivity contribution in [3.05, 3.63) is 0 Å². The predicted molar refractivity (Wildman–Crippen MR) is 63.0 cm³/mol. The van der Waals surface area contributed by atoms with Crippen LogP contribution in [0, 0.1) is 0 Å². The molecule has 3 nitrogen and oxygen atoms in total. The van der Waals surface area contributed by atoms with Crippen molar-refractivity contribution >= 4 is 0 Å². The van der Waals surface area contributed by atoms with Crippen molar-refractivity contribution < 1.29 is 0 Å². The first-order valence-electron chi connectivity index (χ1n) is 5.99. The van der Waals surface area contributed by atoms with E-state index in [9.17, 15) is 0 Å². The molecule has 0 aromatic rings. The van der Waals surface area contributed by atoms with Crippen molar-refractivity contribution in [2.24, 2.45) is 11.5 Å². The maximum Gasteiger partial charge on any atom is 0.0520 e. The summed E-state index contributed by atoms with van der Waals surface area (Å²) < 4.78 is 0. The molecule has 0 fully saturated rings. The van der Waals surface area contributed by atoms with E-state index in [4.69, 9.17) is 11.5 Å². The highest BCUT2D eigenvalue weighted by molar-refractivity contribution is 4.53. The highest BCUT2D eigenvalue weighted by Gasteiger charge is 1.94. The Balaban J connectivity index is 2.85. The summed E-state index contributed by atoms with van der Waals surface area (Å²) in [5.74, 6) is 0. The highest BCUT2D eigenvalue weighted by atomic mass is 14.8. The molecule has 0 aromatic carbocycles. The van der Waals surface area contributed by atoms with E-state index in [1.165, 1.54) is 38.6 Å². The second-order valence-electron chi connectivity index (χ2n) is 3.97. The molecule has 0 spiro atoms. The van der Waals surface area contributed by atoms with Gasteiger partial charge in [-0.05, 0) is 32.4 Å². The SMILES string of the molecule is CCCCCNCCCCCC(N)N. The summed E-state index contributed by atoms with van der Waals surface area (Å²) in [5, 5.41) is 3.45. The number of hydrogen-bond donors (Lipinski definition) is 3. The highest BCUT2D eigenvalue weighted by Crippen LogP contribution is 1.99. The zero-order valence-electron chi connectivity index (χ0n) is 9.60. The minimum Gasteiger partial charge on any atom is -0.317 e. The maximum atomic E-state index is 5.45. The fraction of sp³-hybridized carbons (Fsp3) is 1.00. The summed E-state index contributed by atoms with van der Waals surface area (Å²) in [6.07, 6.45) is 8.44. The molecule has 0 bridgehead atoms. The molecule has 0 saturated carbocycles. The van der Waals surface area contributed by atoms with Crippen LogP contribution in [-0.4, -0.2) is 19.3 Å². The number of rotatable bonds is 10. The Labute approximate surface area is 88.6 Å². The molecule has 0 aliphatic heterocycles. The summed E-state index contributed by atoms with van der Waals surface area (Å²) in [4.78, 5) is 0. The standard InChI is InChI=1S/C11H27N3/c1-2-3-6-9-14-10-7-4-5-8-11(12)13/h11,14H,2-10,12-13H2,1H3. The molecular weight excluding hydrogens is 174 g/mol. The lowest BCUT2D eigenvalue weighted by Crippen LogP contribution is -2.29. The van der Waals surface area contributed by atoms with Gasteiger partial charge in [0, 0.05) is 0 Å². The average molecular weight is 201 g/mol. The first-order chi connectivity index (χ1) is 6.77. The van der Waals surface area contributed by atoms with E-state index in [0.717, 1.165) is 19.4 Å². The normalized spacial score (nSPS) is 11.1. The molecule has 86 valence electrons. The summed E-state index contributed by atoms with van der Waals surface area (Å²) in [5.41, 5.74) is 10.9. The van der Waals surface area contributed by atoms with Crippen LogP contribution in [0.25, 0.3) is 0 Å². The fourth-order valence-electron chi connectivity index (χ4n) is 1.43. The summed E-state index contributed by atoms with van der Waals surface area (Å²) in [6.45, 7) is 4.55. The van der Waals surface area contributed by atoms with Crippen LogP contribution >= 0.6 is 0 Å². The van der Waals surface area contributed by atoms with Gasteiger partial charge in [-0.25, -0.2) is 0 Å². The smallest absolute Gasteiger partial charge is 0.0520 e. The predicted octanol–water partition coefficient (Wildman–Crippen LogP) is 1.57. The van der Waals surface area contributed by atoms with Gasteiger partial charge in [0.25, 0.3) is 0 Å². The molecule has 0 amide bonds. The number of nitrogens with two attached hydrogens (primary N) is 2. The Bertz CT molecular complexity index is 105. The van der Waals surface area contributed by atoms with Gasteiger partial charge in [0.05, 0.1) is 6.17 Å². The topological polar surface area (TPSA) is 64.1 Å². The Kier molecular flexibility index (Phi) is 10.9. The molecule has 5 N–H and O–H groups in total. The molecule has 14 heavy (non-hydrogen) atoms. The van der Waals surface area contributed by atoms with E-state index < -0.39 is 0 Å². The molecule has 0 aliphatic carbocycles. The van der Waals surface area contributed by atoms with E-state index in [0.29, 0.717) is 0 Å². The molecule has 0 rings (SSSR count). The van der Waals surface area contributed by atoms with Gasteiger partial charge < -0.3 is 16.8 Å². The van der Waals surface area contributed by atoms with Gasteiger partial charge in [-0.3, -0.25) is 0 Å². The zero-order valence-corrected chi connectivity index (χ0v) is 9.60. The van der Waals surface area contributed by atoms with E-state index in [-0.39, 0.29) is 6.17 Å². The zero-order chi connectivity index (χ0) is 10.6. The number of hydrogen-bond acceptors (Lipinski definition) is 3. The van der Waals surface area contributed by atoms with Crippen LogP contribution in [0.3, 0.4) is 0 Å².